The standard InChI is InChI=1S/C23H25F3N4O2/c1-2-3-22(29-11-10-17-16-20(30(31)32)8-9-21(17)29)28-14-12-27(13-15-28)19-6-4-18(5-7-19)23(24,25)26/h4-11,16,22H,2-3,12-15H2,1H3. The molecule has 0 amide bonds. The van der Waals surface area contributed by atoms with Crippen LogP contribution in [0.15, 0.2) is 54.7 Å². The highest BCUT2D eigenvalue weighted by molar-refractivity contribution is 5.82. The third kappa shape index (κ3) is 4.43. The van der Waals surface area contributed by atoms with E-state index in [1.165, 1.54) is 18.2 Å². The molecule has 0 bridgehead atoms. The predicted octanol–water partition coefficient (Wildman–Crippen LogP) is 5.69. The van der Waals surface area contributed by atoms with Gasteiger partial charge >= 0.3 is 6.18 Å². The maximum atomic E-state index is 12.8. The smallest absolute Gasteiger partial charge is 0.369 e. The van der Waals surface area contributed by atoms with E-state index < -0.39 is 11.7 Å². The third-order valence-corrected chi connectivity index (χ3v) is 6.08. The van der Waals surface area contributed by atoms with Gasteiger partial charge in [0.1, 0.15) is 0 Å². The molecule has 0 N–H and O–H groups in total. The molecule has 9 heteroatoms. The number of alkyl halides is 3. The summed E-state index contributed by atoms with van der Waals surface area (Å²) < 4.78 is 40.7. The van der Waals surface area contributed by atoms with Crippen LogP contribution in [0.5, 0.6) is 0 Å². The van der Waals surface area contributed by atoms with Gasteiger partial charge in [0.15, 0.2) is 0 Å². The highest BCUT2D eigenvalue weighted by atomic mass is 19.4. The number of halogens is 3. The Morgan fingerprint density at radius 2 is 1.72 bits per heavy atom. The largest absolute Gasteiger partial charge is 0.416 e. The molecule has 1 atom stereocenters. The molecular weight excluding hydrogens is 421 g/mol. The molecule has 0 aliphatic carbocycles. The molecule has 0 spiro atoms. The van der Waals surface area contributed by atoms with Gasteiger partial charge in [0, 0.05) is 61.1 Å². The van der Waals surface area contributed by atoms with E-state index in [4.69, 9.17) is 0 Å². The van der Waals surface area contributed by atoms with Gasteiger partial charge < -0.3 is 9.47 Å². The van der Waals surface area contributed by atoms with Crippen molar-refractivity contribution in [1.29, 1.82) is 0 Å². The number of non-ortho nitro benzene ring substituents is 1. The number of aromatic nitrogens is 1. The van der Waals surface area contributed by atoms with E-state index in [-0.39, 0.29) is 16.8 Å². The molecule has 2 aromatic carbocycles. The van der Waals surface area contributed by atoms with Gasteiger partial charge in [-0.15, -0.1) is 0 Å². The molecule has 3 aromatic rings. The van der Waals surface area contributed by atoms with Crippen LogP contribution in [-0.4, -0.2) is 40.6 Å². The Bertz CT molecular complexity index is 1090. The molecule has 170 valence electrons. The Labute approximate surface area is 184 Å². The number of nitro groups is 1. The second-order valence-electron chi connectivity index (χ2n) is 8.06. The van der Waals surface area contributed by atoms with Crippen LogP contribution in [0.4, 0.5) is 24.5 Å². The topological polar surface area (TPSA) is 54.5 Å². The highest BCUT2D eigenvalue weighted by Crippen LogP contribution is 2.32. The summed E-state index contributed by atoms with van der Waals surface area (Å²) in [6.45, 7) is 5.12. The van der Waals surface area contributed by atoms with E-state index in [1.807, 2.05) is 12.3 Å². The van der Waals surface area contributed by atoms with Crippen LogP contribution in [0.2, 0.25) is 0 Å². The van der Waals surface area contributed by atoms with Crippen LogP contribution in [0.3, 0.4) is 0 Å². The van der Waals surface area contributed by atoms with Crippen LogP contribution in [0.1, 0.15) is 31.5 Å². The number of hydrogen-bond acceptors (Lipinski definition) is 4. The van der Waals surface area contributed by atoms with E-state index in [1.54, 1.807) is 12.1 Å². The second-order valence-corrected chi connectivity index (χ2v) is 8.06. The van der Waals surface area contributed by atoms with Crippen molar-refractivity contribution in [2.75, 3.05) is 31.1 Å². The monoisotopic (exact) mass is 446 g/mol. The summed E-state index contributed by atoms with van der Waals surface area (Å²) in [5.41, 5.74) is 1.19. The third-order valence-electron chi connectivity index (χ3n) is 6.08. The molecule has 1 unspecified atom stereocenters. The first-order valence-corrected chi connectivity index (χ1v) is 10.7. The van der Waals surface area contributed by atoms with Crippen molar-refractivity contribution in [2.24, 2.45) is 0 Å². The fourth-order valence-electron chi connectivity index (χ4n) is 4.42. The Kier molecular flexibility index (Phi) is 6.10. The summed E-state index contributed by atoms with van der Waals surface area (Å²) in [5, 5.41) is 11.9. The first kappa shape index (κ1) is 22.1. The Hall–Kier alpha value is -3.07. The maximum absolute atomic E-state index is 12.8. The fourth-order valence-corrected chi connectivity index (χ4v) is 4.42. The average Bonchev–Trinajstić information content (AvgIpc) is 3.20. The van der Waals surface area contributed by atoms with E-state index in [2.05, 4.69) is 21.3 Å². The molecule has 2 heterocycles. The average molecular weight is 446 g/mol. The number of hydrogen-bond donors (Lipinski definition) is 0. The zero-order valence-electron chi connectivity index (χ0n) is 17.8. The van der Waals surface area contributed by atoms with Gasteiger partial charge in [-0.2, -0.15) is 13.2 Å². The number of rotatable bonds is 6. The van der Waals surface area contributed by atoms with Gasteiger partial charge in [0.05, 0.1) is 16.7 Å². The van der Waals surface area contributed by atoms with Crippen molar-refractivity contribution >= 4 is 22.3 Å². The Morgan fingerprint density at radius 3 is 2.31 bits per heavy atom. The number of piperazine rings is 1. The zero-order chi connectivity index (χ0) is 22.9. The molecule has 1 fully saturated rings. The molecular formula is C23H25F3N4O2. The minimum Gasteiger partial charge on any atom is -0.369 e. The number of nitrogens with zero attached hydrogens (tertiary/aromatic N) is 4. The maximum Gasteiger partial charge on any atom is 0.416 e. The number of fused-ring (bicyclic) bond motifs is 1. The van der Waals surface area contributed by atoms with Gasteiger partial charge in [-0.25, -0.2) is 0 Å². The lowest BCUT2D eigenvalue weighted by molar-refractivity contribution is -0.384. The Balaban J connectivity index is 1.49. The Morgan fingerprint density at radius 1 is 1.03 bits per heavy atom. The van der Waals surface area contributed by atoms with Crippen LogP contribution < -0.4 is 4.90 Å². The van der Waals surface area contributed by atoms with Crippen molar-refractivity contribution in [3.63, 3.8) is 0 Å². The van der Waals surface area contributed by atoms with Crippen LogP contribution in [0, 0.1) is 10.1 Å². The van der Waals surface area contributed by atoms with E-state index in [0.717, 1.165) is 67.7 Å². The summed E-state index contributed by atoms with van der Waals surface area (Å²) >= 11 is 0. The first-order chi connectivity index (χ1) is 15.3. The van der Waals surface area contributed by atoms with Gasteiger partial charge in [0.25, 0.3) is 5.69 Å². The van der Waals surface area contributed by atoms with Crippen molar-refractivity contribution in [3.8, 4) is 0 Å². The lowest BCUT2D eigenvalue weighted by Gasteiger charge is -2.41. The molecule has 1 saturated heterocycles. The number of nitro benzene ring substituents is 1. The molecule has 0 saturated carbocycles. The van der Waals surface area contributed by atoms with Crippen molar-refractivity contribution < 1.29 is 18.1 Å². The van der Waals surface area contributed by atoms with Gasteiger partial charge in [-0.1, -0.05) is 13.3 Å². The van der Waals surface area contributed by atoms with Gasteiger partial charge in [-0.3, -0.25) is 15.0 Å². The summed E-state index contributed by atoms with van der Waals surface area (Å²) in [6.07, 6.45) is -0.312. The van der Waals surface area contributed by atoms with E-state index in [9.17, 15) is 23.3 Å². The van der Waals surface area contributed by atoms with Crippen molar-refractivity contribution in [3.05, 3.63) is 70.4 Å². The minimum absolute atomic E-state index is 0.0763. The summed E-state index contributed by atoms with van der Waals surface area (Å²) in [4.78, 5) is 15.2. The van der Waals surface area contributed by atoms with E-state index in [0.29, 0.717) is 0 Å². The van der Waals surface area contributed by atoms with E-state index >= 15 is 0 Å². The van der Waals surface area contributed by atoms with Gasteiger partial charge in [0.2, 0.25) is 0 Å². The first-order valence-electron chi connectivity index (χ1n) is 10.7. The minimum atomic E-state index is -4.33. The lowest BCUT2D eigenvalue weighted by atomic mass is 10.1. The van der Waals surface area contributed by atoms with Crippen molar-refractivity contribution in [2.45, 2.75) is 32.1 Å². The molecule has 1 aliphatic rings. The summed E-state index contributed by atoms with van der Waals surface area (Å²) in [7, 11) is 0. The SMILES string of the molecule is CCCC(N1CCN(c2ccc(C(F)(F)F)cc2)CC1)n1ccc2cc([N+](=O)[O-])ccc21. The zero-order valence-corrected chi connectivity index (χ0v) is 17.8. The second kappa shape index (κ2) is 8.82. The van der Waals surface area contributed by atoms with Crippen molar-refractivity contribution in [1.82, 2.24) is 9.47 Å². The van der Waals surface area contributed by atoms with Gasteiger partial charge in [-0.05, 0) is 42.8 Å². The predicted molar refractivity (Wildman–Crippen MR) is 118 cm³/mol. The normalized spacial score (nSPS) is 16.4. The quantitative estimate of drug-likeness (QED) is 0.361. The highest BCUT2D eigenvalue weighted by Gasteiger charge is 2.31. The molecule has 1 aromatic heterocycles. The fraction of sp³-hybridized carbons (Fsp3) is 0.391. The molecule has 32 heavy (non-hydrogen) atoms. The summed E-state index contributed by atoms with van der Waals surface area (Å²) in [5.74, 6) is 0. The summed E-state index contributed by atoms with van der Waals surface area (Å²) in [6, 6.07) is 12.2. The lowest BCUT2D eigenvalue weighted by Crippen LogP contribution is -2.48. The number of benzene rings is 2. The molecule has 4 rings (SSSR count). The van der Waals surface area contributed by atoms with Crippen LogP contribution in [-0.2, 0) is 6.18 Å². The molecule has 1 aliphatic heterocycles. The molecule has 6 nitrogen and oxygen atoms in total. The van der Waals surface area contributed by atoms with Crippen LogP contribution >= 0.6 is 0 Å². The molecule has 0 radical (unpaired) electrons. The number of anilines is 1. The van der Waals surface area contributed by atoms with Crippen LogP contribution in [0.25, 0.3) is 10.9 Å².